The van der Waals surface area contributed by atoms with Crippen LogP contribution in [-0.2, 0) is 10.0 Å². The molecule has 1 aromatic heterocycles. The maximum Gasteiger partial charge on any atom is 0.263 e. The first-order valence-corrected chi connectivity index (χ1v) is 14.0. The summed E-state index contributed by atoms with van der Waals surface area (Å²) in [5.74, 6) is 0.445. The van der Waals surface area contributed by atoms with E-state index in [-0.39, 0.29) is 26.4 Å². The summed E-state index contributed by atoms with van der Waals surface area (Å²) >= 11 is 12.0. The number of benzene rings is 3. The summed E-state index contributed by atoms with van der Waals surface area (Å²) in [5, 5.41) is 0.530. The van der Waals surface area contributed by atoms with Crippen LogP contribution < -0.4 is 18.9 Å². The Kier molecular flexibility index (Phi) is 9.01. The number of hydrogen-bond acceptors (Lipinski definition) is 7. The number of sulfonamides is 1. The minimum atomic E-state index is -4.12. The summed E-state index contributed by atoms with van der Waals surface area (Å²) < 4.78 is 60.1. The lowest BCUT2D eigenvalue weighted by Crippen LogP contribution is -2.15. The molecule has 0 aliphatic rings. The van der Waals surface area contributed by atoms with E-state index in [0.717, 1.165) is 19.0 Å². The van der Waals surface area contributed by atoms with E-state index in [9.17, 15) is 8.42 Å². The molecule has 0 unspecified atom stereocenters. The van der Waals surface area contributed by atoms with E-state index in [4.69, 9.17) is 37.4 Å². The molecular formula is C27H26Cl2FN3O5S. The molecular weight excluding hydrogens is 568 g/mol. The van der Waals surface area contributed by atoms with Gasteiger partial charge in [-0.15, -0.1) is 0 Å². The number of anilines is 1. The third kappa shape index (κ3) is 6.83. The van der Waals surface area contributed by atoms with Gasteiger partial charge in [0.15, 0.2) is 23.1 Å². The molecule has 39 heavy (non-hydrogen) atoms. The molecule has 0 aliphatic carbocycles. The van der Waals surface area contributed by atoms with Gasteiger partial charge in [0.2, 0.25) is 0 Å². The maximum absolute atomic E-state index is 15.0. The Hall–Kier alpha value is -3.31. The monoisotopic (exact) mass is 593 g/mol. The molecule has 3 aromatic carbocycles. The Labute approximate surface area is 236 Å². The predicted octanol–water partition coefficient (Wildman–Crippen LogP) is 6.61. The zero-order valence-electron chi connectivity index (χ0n) is 21.4. The fourth-order valence-electron chi connectivity index (χ4n) is 3.72. The summed E-state index contributed by atoms with van der Waals surface area (Å²) in [4.78, 5) is 6.23. The van der Waals surface area contributed by atoms with Gasteiger partial charge >= 0.3 is 0 Å². The minimum Gasteiger partial charge on any atom is -0.493 e. The number of aromatic nitrogens is 1. The molecule has 4 aromatic rings. The van der Waals surface area contributed by atoms with Gasteiger partial charge in [0.05, 0.1) is 35.0 Å². The Morgan fingerprint density at radius 3 is 2.51 bits per heavy atom. The molecule has 0 saturated carbocycles. The van der Waals surface area contributed by atoms with E-state index >= 15 is 4.39 Å². The second-order valence-electron chi connectivity index (χ2n) is 8.74. The smallest absolute Gasteiger partial charge is 0.263 e. The molecule has 8 nitrogen and oxygen atoms in total. The van der Waals surface area contributed by atoms with E-state index in [1.54, 1.807) is 18.2 Å². The molecule has 0 atom stereocenters. The van der Waals surface area contributed by atoms with E-state index in [1.165, 1.54) is 43.6 Å². The van der Waals surface area contributed by atoms with Crippen LogP contribution in [0.1, 0.15) is 6.42 Å². The van der Waals surface area contributed by atoms with E-state index in [2.05, 4.69) is 14.6 Å². The second kappa shape index (κ2) is 12.3. The highest BCUT2D eigenvalue weighted by Crippen LogP contribution is 2.38. The number of hydrogen-bond donors (Lipinski definition) is 1. The first kappa shape index (κ1) is 28.7. The first-order valence-electron chi connectivity index (χ1n) is 11.8. The molecule has 0 radical (unpaired) electrons. The average Bonchev–Trinajstić information content (AvgIpc) is 2.89. The summed E-state index contributed by atoms with van der Waals surface area (Å²) in [5.41, 5.74) is 0.548. The van der Waals surface area contributed by atoms with Crippen molar-refractivity contribution in [2.24, 2.45) is 0 Å². The lowest BCUT2D eigenvalue weighted by atomic mass is 10.1. The van der Waals surface area contributed by atoms with Crippen LogP contribution in [0.4, 0.5) is 10.1 Å². The molecule has 0 saturated heterocycles. The third-order valence-electron chi connectivity index (χ3n) is 5.60. The summed E-state index contributed by atoms with van der Waals surface area (Å²) in [7, 11) is 1.40. The van der Waals surface area contributed by atoms with Crippen LogP contribution in [0.25, 0.3) is 10.9 Å². The number of nitrogens with zero attached hydrogens (tertiary/aromatic N) is 2. The van der Waals surface area contributed by atoms with Gasteiger partial charge < -0.3 is 19.1 Å². The number of halogens is 3. The number of rotatable bonds is 11. The van der Waals surface area contributed by atoms with Crippen LogP contribution in [0.15, 0.2) is 65.7 Å². The largest absolute Gasteiger partial charge is 0.493 e. The van der Waals surface area contributed by atoms with Gasteiger partial charge in [-0.25, -0.2) is 12.8 Å². The van der Waals surface area contributed by atoms with Crippen molar-refractivity contribution in [1.29, 1.82) is 0 Å². The van der Waals surface area contributed by atoms with Crippen molar-refractivity contribution >= 4 is 49.8 Å². The summed E-state index contributed by atoms with van der Waals surface area (Å²) in [6.45, 7) is 1.38. The molecule has 12 heteroatoms. The number of fused-ring (bicyclic) bond motifs is 1. The van der Waals surface area contributed by atoms with Crippen LogP contribution in [0.2, 0.25) is 10.0 Å². The van der Waals surface area contributed by atoms with Crippen molar-refractivity contribution in [1.82, 2.24) is 9.88 Å². The van der Waals surface area contributed by atoms with Crippen LogP contribution in [0, 0.1) is 5.82 Å². The van der Waals surface area contributed by atoms with Crippen LogP contribution in [0.5, 0.6) is 23.0 Å². The molecule has 0 bridgehead atoms. The average molecular weight is 594 g/mol. The van der Waals surface area contributed by atoms with Crippen molar-refractivity contribution in [2.45, 2.75) is 11.3 Å². The molecule has 0 spiro atoms. The molecule has 1 heterocycles. The number of pyridine rings is 1. The van der Waals surface area contributed by atoms with Crippen molar-refractivity contribution in [2.75, 3.05) is 39.1 Å². The molecule has 0 fully saturated rings. The first-order chi connectivity index (χ1) is 18.6. The lowest BCUT2D eigenvalue weighted by molar-refractivity contribution is 0.268. The third-order valence-corrected chi connectivity index (χ3v) is 7.96. The van der Waals surface area contributed by atoms with Crippen molar-refractivity contribution in [3.05, 3.63) is 76.7 Å². The fraction of sp³-hybridized carbons (Fsp3) is 0.222. The second-order valence-corrected chi connectivity index (χ2v) is 11.2. The molecule has 0 aliphatic heterocycles. The topological polar surface area (TPSA) is 90.0 Å². The quantitative estimate of drug-likeness (QED) is 0.196. The van der Waals surface area contributed by atoms with Crippen LogP contribution in [-0.4, -0.2) is 52.7 Å². The zero-order chi connectivity index (χ0) is 28.2. The van der Waals surface area contributed by atoms with Crippen molar-refractivity contribution in [3.8, 4) is 23.0 Å². The molecule has 206 valence electrons. The van der Waals surface area contributed by atoms with Gasteiger partial charge in [-0.3, -0.25) is 9.71 Å². The fourth-order valence-corrected chi connectivity index (χ4v) is 5.53. The van der Waals surface area contributed by atoms with Crippen molar-refractivity contribution < 1.29 is 27.0 Å². The number of ether oxygens (including phenoxy) is 3. The lowest BCUT2D eigenvalue weighted by Gasteiger charge is -2.15. The molecule has 1 N–H and O–H groups in total. The molecule has 4 rings (SSSR count). The van der Waals surface area contributed by atoms with Gasteiger partial charge in [-0.1, -0.05) is 29.3 Å². The number of nitrogens with one attached hydrogen (secondary N) is 1. The normalized spacial score (nSPS) is 11.6. The predicted molar refractivity (Wildman–Crippen MR) is 151 cm³/mol. The standard InChI is InChI=1S/C27H26Cl2FN3O5S/c1-33(2)12-5-13-37-25-16-21-18(15-24(25)36-3)22(10-11-31-21)38-23-9-8-17(14-20(23)30)32-39(34,35)26-7-4-6-19(28)27(26)29/h4,6-11,14-16,32H,5,12-13H2,1-3H3. The van der Waals surface area contributed by atoms with Gasteiger partial charge in [0.1, 0.15) is 10.6 Å². The highest BCUT2D eigenvalue weighted by Gasteiger charge is 2.21. The zero-order valence-corrected chi connectivity index (χ0v) is 23.7. The van der Waals surface area contributed by atoms with Gasteiger partial charge in [-0.05, 0) is 56.9 Å². The maximum atomic E-state index is 15.0. The van der Waals surface area contributed by atoms with Gasteiger partial charge in [-0.2, -0.15) is 0 Å². The van der Waals surface area contributed by atoms with Gasteiger partial charge in [0.25, 0.3) is 10.0 Å². The van der Waals surface area contributed by atoms with E-state index in [1.807, 2.05) is 14.1 Å². The SMILES string of the molecule is COc1cc2c(Oc3ccc(NS(=O)(=O)c4cccc(Cl)c4Cl)cc3F)ccnc2cc1OCCCN(C)C. The Balaban J connectivity index is 1.56. The van der Waals surface area contributed by atoms with Crippen LogP contribution >= 0.6 is 23.2 Å². The van der Waals surface area contributed by atoms with Gasteiger partial charge in [0, 0.05) is 30.3 Å². The Bertz CT molecular complexity index is 1600. The minimum absolute atomic E-state index is 0.0202. The highest BCUT2D eigenvalue weighted by molar-refractivity contribution is 7.92. The van der Waals surface area contributed by atoms with Crippen LogP contribution in [0.3, 0.4) is 0 Å². The number of methoxy groups -OCH3 is 1. The highest BCUT2D eigenvalue weighted by atomic mass is 35.5. The van der Waals surface area contributed by atoms with E-state index < -0.39 is 15.8 Å². The summed E-state index contributed by atoms with van der Waals surface area (Å²) in [6, 6.07) is 13.0. The summed E-state index contributed by atoms with van der Waals surface area (Å²) in [6.07, 6.45) is 2.37. The molecule has 0 amide bonds. The Morgan fingerprint density at radius 1 is 1.00 bits per heavy atom. The Morgan fingerprint density at radius 2 is 1.79 bits per heavy atom. The van der Waals surface area contributed by atoms with E-state index in [0.29, 0.717) is 34.8 Å². The van der Waals surface area contributed by atoms with Crippen molar-refractivity contribution in [3.63, 3.8) is 0 Å².